The molecule has 0 spiro atoms. The largest absolute Gasteiger partial charge is 0.416 e. The van der Waals surface area contributed by atoms with Gasteiger partial charge in [-0.15, -0.1) is 0 Å². The molecule has 0 bridgehead atoms. The first-order chi connectivity index (χ1) is 11.4. The van der Waals surface area contributed by atoms with Crippen LogP contribution in [0.15, 0.2) is 48.9 Å². The summed E-state index contributed by atoms with van der Waals surface area (Å²) in [6.07, 6.45) is 0.933. The number of nitrogens with one attached hydrogen (secondary N) is 2. The van der Waals surface area contributed by atoms with Gasteiger partial charge in [-0.1, -0.05) is 0 Å². The van der Waals surface area contributed by atoms with E-state index >= 15 is 0 Å². The molecule has 126 valence electrons. The zero-order valence-electron chi connectivity index (χ0n) is 12.4. The van der Waals surface area contributed by atoms with E-state index in [9.17, 15) is 18.0 Å². The van der Waals surface area contributed by atoms with Crippen LogP contribution in [0.5, 0.6) is 0 Å². The number of alkyl halides is 3. The number of aromatic nitrogens is 3. The summed E-state index contributed by atoms with van der Waals surface area (Å²) < 4.78 is 41.0. The second-order valence-electron chi connectivity index (χ2n) is 5.08. The average molecular weight is 337 g/mol. The maximum absolute atomic E-state index is 12.5. The van der Waals surface area contributed by atoms with Gasteiger partial charge in [0.25, 0.3) is 0 Å². The van der Waals surface area contributed by atoms with Gasteiger partial charge in [-0.25, -0.2) is 9.31 Å². The van der Waals surface area contributed by atoms with Crippen molar-refractivity contribution >= 4 is 17.4 Å². The van der Waals surface area contributed by atoms with Crippen LogP contribution < -0.4 is 10.6 Å². The molecular formula is C15H14F3N5O. The lowest BCUT2D eigenvalue weighted by Crippen LogP contribution is -2.31. The number of amides is 2. The van der Waals surface area contributed by atoms with Gasteiger partial charge < -0.3 is 15.2 Å². The highest BCUT2D eigenvalue weighted by molar-refractivity contribution is 5.89. The first-order valence-electron chi connectivity index (χ1n) is 7.14. The van der Waals surface area contributed by atoms with E-state index in [4.69, 9.17) is 0 Å². The van der Waals surface area contributed by atoms with E-state index in [2.05, 4.69) is 15.7 Å². The highest BCUT2D eigenvalue weighted by Gasteiger charge is 2.29. The Hall–Kier alpha value is -2.97. The second-order valence-corrected chi connectivity index (χ2v) is 5.08. The number of nitrogens with zero attached hydrogens (tertiary/aromatic N) is 3. The summed E-state index contributed by atoms with van der Waals surface area (Å²) in [5.74, 6) is 0. The minimum atomic E-state index is -4.39. The molecule has 2 amide bonds. The summed E-state index contributed by atoms with van der Waals surface area (Å²) in [7, 11) is 0. The number of halogens is 3. The van der Waals surface area contributed by atoms with Crippen LogP contribution in [0.3, 0.4) is 0 Å². The van der Waals surface area contributed by atoms with Crippen molar-refractivity contribution in [3.63, 3.8) is 0 Å². The number of fused-ring (bicyclic) bond motifs is 1. The Balaban J connectivity index is 1.50. The van der Waals surface area contributed by atoms with Crippen LogP contribution in [0.4, 0.5) is 23.7 Å². The Morgan fingerprint density at radius 3 is 2.58 bits per heavy atom. The molecule has 2 heterocycles. The van der Waals surface area contributed by atoms with Crippen molar-refractivity contribution in [3.05, 3.63) is 54.5 Å². The van der Waals surface area contributed by atoms with Crippen molar-refractivity contribution < 1.29 is 18.0 Å². The van der Waals surface area contributed by atoms with Crippen LogP contribution in [-0.2, 0) is 12.7 Å². The van der Waals surface area contributed by atoms with Crippen molar-refractivity contribution in [2.24, 2.45) is 0 Å². The fourth-order valence-corrected chi connectivity index (χ4v) is 2.27. The molecule has 3 rings (SSSR count). The van der Waals surface area contributed by atoms with E-state index in [1.165, 1.54) is 12.1 Å². The van der Waals surface area contributed by atoms with Gasteiger partial charge >= 0.3 is 12.2 Å². The summed E-state index contributed by atoms with van der Waals surface area (Å²) >= 11 is 0. The summed E-state index contributed by atoms with van der Waals surface area (Å²) in [6.45, 7) is 0.907. The number of hydrogen-bond acceptors (Lipinski definition) is 2. The predicted octanol–water partition coefficient (Wildman–Crippen LogP) is 2.98. The van der Waals surface area contributed by atoms with Crippen molar-refractivity contribution in [2.45, 2.75) is 12.7 Å². The van der Waals surface area contributed by atoms with Crippen LogP contribution in [-0.4, -0.2) is 26.8 Å². The Bertz CT molecular complexity index is 835. The molecule has 9 heteroatoms. The van der Waals surface area contributed by atoms with Crippen LogP contribution in [0, 0.1) is 0 Å². The van der Waals surface area contributed by atoms with E-state index in [1.807, 2.05) is 16.8 Å². The van der Waals surface area contributed by atoms with Gasteiger partial charge in [-0.3, -0.25) is 0 Å². The molecule has 2 aromatic heterocycles. The Labute approximate surface area is 134 Å². The standard InChI is InChI=1S/C15H14F3N5O/c16-15(17,18)11-1-3-12(4-2-11)21-14(24)19-7-8-22-9-10-23-13(22)5-6-20-23/h1-6,9-10H,7-8H2,(H2,19,21,24). The van der Waals surface area contributed by atoms with Crippen molar-refractivity contribution in [3.8, 4) is 0 Å². The third-order valence-electron chi connectivity index (χ3n) is 3.44. The second kappa shape index (κ2) is 6.26. The molecule has 6 nitrogen and oxygen atoms in total. The molecule has 1 aromatic carbocycles. The third kappa shape index (κ3) is 3.50. The Morgan fingerprint density at radius 1 is 1.12 bits per heavy atom. The number of rotatable bonds is 4. The zero-order chi connectivity index (χ0) is 17.2. The van der Waals surface area contributed by atoms with Gasteiger partial charge in [0, 0.05) is 37.2 Å². The highest BCUT2D eigenvalue weighted by atomic mass is 19.4. The van der Waals surface area contributed by atoms with Crippen molar-refractivity contribution in [1.29, 1.82) is 0 Å². The normalized spacial score (nSPS) is 11.6. The van der Waals surface area contributed by atoms with Gasteiger partial charge in [0.2, 0.25) is 0 Å². The minimum Gasteiger partial charge on any atom is -0.336 e. The summed E-state index contributed by atoms with van der Waals surface area (Å²) in [5, 5.41) is 9.22. The van der Waals surface area contributed by atoms with Crippen molar-refractivity contribution in [2.75, 3.05) is 11.9 Å². The molecule has 0 aliphatic carbocycles. The number of carbonyl (C=O) groups is 1. The van der Waals surface area contributed by atoms with Gasteiger partial charge in [0.15, 0.2) is 0 Å². The Morgan fingerprint density at radius 2 is 1.88 bits per heavy atom. The molecule has 0 aliphatic heterocycles. The molecule has 0 radical (unpaired) electrons. The van der Waals surface area contributed by atoms with Gasteiger partial charge in [0.1, 0.15) is 5.65 Å². The molecule has 0 saturated heterocycles. The van der Waals surface area contributed by atoms with Crippen LogP contribution in [0.2, 0.25) is 0 Å². The summed E-state index contributed by atoms with van der Waals surface area (Å²) in [4.78, 5) is 11.8. The molecule has 3 aromatic rings. The number of benzene rings is 1. The maximum atomic E-state index is 12.5. The van der Waals surface area contributed by atoms with Gasteiger partial charge in [0.05, 0.1) is 11.8 Å². The van der Waals surface area contributed by atoms with Crippen LogP contribution in [0.1, 0.15) is 5.56 Å². The molecule has 0 unspecified atom stereocenters. The minimum absolute atomic E-state index is 0.291. The fraction of sp³-hybridized carbons (Fsp3) is 0.200. The Kier molecular flexibility index (Phi) is 4.15. The SMILES string of the molecule is O=C(NCCn1ccn2nccc12)Nc1ccc(C(F)(F)F)cc1. The molecule has 0 aliphatic rings. The lowest BCUT2D eigenvalue weighted by atomic mass is 10.2. The fourth-order valence-electron chi connectivity index (χ4n) is 2.27. The molecule has 0 saturated carbocycles. The number of carbonyl (C=O) groups excluding carboxylic acids is 1. The summed E-state index contributed by atoms with van der Waals surface area (Å²) in [5.41, 5.74) is 0.436. The third-order valence-corrected chi connectivity index (χ3v) is 3.44. The van der Waals surface area contributed by atoms with Crippen molar-refractivity contribution in [1.82, 2.24) is 19.5 Å². The van der Waals surface area contributed by atoms with Gasteiger partial charge in [-0.05, 0) is 24.3 Å². The smallest absolute Gasteiger partial charge is 0.336 e. The predicted molar refractivity (Wildman–Crippen MR) is 81.6 cm³/mol. The van der Waals surface area contributed by atoms with Gasteiger partial charge in [-0.2, -0.15) is 18.3 Å². The quantitative estimate of drug-likeness (QED) is 0.769. The summed E-state index contributed by atoms with van der Waals surface area (Å²) in [6, 6.07) is 5.64. The molecular weight excluding hydrogens is 323 g/mol. The molecule has 24 heavy (non-hydrogen) atoms. The maximum Gasteiger partial charge on any atom is 0.416 e. The molecule has 0 atom stereocenters. The van der Waals surface area contributed by atoms with E-state index in [1.54, 1.807) is 16.9 Å². The number of urea groups is 1. The first kappa shape index (κ1) is 15.9. The topological polar surface area (TPSA) is 63.4 Å². The number of hydrogen-bond donors (Lipinski definition) is 2. The first-order valence-corrected chi connectivity index (χ1v) is 7.14. The lowest BCUT2D eigenvalue weighted by molar-refractivity contribution is -0.137. The lowest BCUT2D eigenvalue weighted by Gasteiger charge is -2.10. The monoisotopic (exact) mass is 337 g/mol. The van der Waals surface area contributed by atoms with Crippen LogP contribution >= 0.6 is 0 Å². The molecule has 2 N–H and O–H groups in total. The zero-order valence-corrected chi connectivity index (χ0v) is 12.4. The number of anilines is 1. The van der Waals surface area contributed by atoms with E-state index in [-0.39, 0.29) is 0 Å². The number of imidazole rings is 1. The van der Waals surface area contributed by atoms with E-state index in [0.29, 0.717) is 18.8 Å². The average Bonchev–Trinajstić information content (AvgIpc) is 3.11. The van der Waals surface area contributed by atoms with E-state index in [0.717, 1.165) is 17.8 Å². The molecule has 0 fully saturated rings. The highest BCUT2D eigenvalue weighted by Crippen LogP contribution is 2.29. The van der Waals surface area contributed by atoms with E-state index < -0.39 is 17.8 Å². The van der Waals surface area contributed by atoms with Crippen LogP contribution in [0.25, 0.3) is 5.65 Å².